The molecule has 0 radical (unpaired) electrons. The Morgan fingerprint density at radius 2 is 2.20 bits per heavy atom. The second kappa shape index (κ2) is 6.82. The van der Waals surface area contributed by atoms with Crippen molar-refractivity contribution in [1.82, 2.24) is 15.1 Å². The summed E-state index contributed by atoms with van der Waals surface area (Å²) in [6, 6.07) is 1.27. The average molecular weight is 349 g/mol. The number of amides is 1. The first-order valence-corrected chi connectivity index (χ1v) is 8.38. The lowest BCUT2D eigenvalue weighted by Crippen LogP contribution is -2.30. The molecule has 0 saturated heterocycles. The third-order valence-corrected chi connectivity index (χ3v) is 4.18. The van der Waals surface area contributed by atoms with E-state index in [1.165, 1.54) is 6.20 Å². The van der Waals surface area contributed by atoms with Gasteiger partial charge in [-0.25, -0.2) is 8.78 Å². The normalized spacial score (nSPS) is 16.0. The Labute approximate surface area is 145 Å². The Kier molecular flexibility index (Phi) is 4.74. The van der Waals surface area contributed by atoms with Crippen LogP contribution < -0.4 is 10.1 Å². The molecule has 25 heavy (non-hydrogen) atoms. The van der Waals surface area contributed by atoms with Crippen LogP contribution >= 0.6 is 0 Å². The molecule has 1 aromatic heterocycles. The van der Waals surface area contributed by atoms with Gasteiger partial charge in [0.05, 0.1) is 29.1 Å². The summed E-state index contributed by atoms with van der Waals surface area (Å²) in [5.41, 5.74) is 1.49. The lowest BCUT2D eigenvalue weighted by Gasteiger charge is -2.13. The molecule has 0 bridgehead atoms. The summed E-state index contributed by atoms with van der Waals surface area (Å²) in [5, 5.41) is 7.07. The molecule has 2 heterocycles. The Morgan fingerprint density at radius 3 is 2.88 bits per heavy atom. The molecule has 3 rings (SSSR count). The van der Waals surface area contributed by atoms with Crippen LogP contribution in [0.15, 0.2) is 18.3 Å². The predicted molar refractivity (Wildman–Crippen MR) is 88.5 cm³/mol. The number of ether oxygens (including phenoxy) is 1. The number of nitrogens with zero attached hydrogens (tertiary/aromatic N) is 2. The second-order valence-corrected chi connectivity index (χ2v) is 6.57. The van der Waals surface area contributed by atoms with Crippen LogP contribution in [0, 0.1) is 17.6 Å². The van der Waals surface area contributed by atoms with Crippen molar-refractivity contribution < 1.29 is 18.3 Å². The minimum Gasteiger partial charge on any atom is -0.490 e. The van der Waals surface area contributed by atoms with Crippen LogP contribution in [0.3, 0.4) is 0 Å². The van der Waals surface area contributed by atoms with Crippen molar-refractivity contribution in [3.8, 4) is 5.75 Å². The van der Waals surface area contributed by atoms with Gasteiger partial charge in [0.15, 0.2) is 0 Å². The Balaban J connectivity index is 1.82. The van der Waals surface area contributed by atoms with Gasteiger partial charge in [0.2, 0.25) is 0 Å². The first-order chi connectivity index (χ1) is 11.9. The van der Waals surface area contributed by atoms with E-state index in [4.69, 9.17) is 4.74 Å². The molecule has 0 saturated carbocycles. The van der Waals surface area contributed by atoms with Gasteiger partial charge in [-0.05, 0) is 12.3 Å². The zero-order chi connectivity index (χ0) is 18.1. The molecule has 0 spiro atoms. The fraction of sp³-hybridized carbons (Fsp3) is 0.444. The van der Waals surface area contributed by atoms with Gasteiger partial charge in [-0.1, -0.05) is 20.8 Å². The summed E-state index contributed by atoms with van der Waals surface area (Å²) in [5.74, 6) is -1.22. The smallest absolute Gasteiger partial charge is 0.255 e. The lowest BCUT2D eigenvalue weighted by atomic mass is 10.1. The summed E-state index contributed by atoms with van der Waals surface area (Å²) in [7, 11) is 0. The molecule has 134 valence electrons. The number of hydrogen-bond acceptors (Lipinski definition) is 3. The van der Waals surface area contributed by atoms with Crippen molar-refractivity contribution in [2.75, 3.05) is 6.61 Å². The van der Waals surface area contributed by atoms with Gasteiger partial charge in [0.25, 0.3) is 5.91 Å². The zero-order valence-corrected chi connectivity index (χ0v) is 14.5. The van der Waals surface area contributed by atoms with Crippen molar-refractivity contribution >= 4 is 5.91 Å². The van der Waals surface area contributed by atoms with Gasteiger partial charge in [-0.2, -0.15) is 5.10 Å². The molecule has 1 aliphatic heterocycles. The van der Waals surface area contributed by atoms with E-state index in [1.807, 2.05) is 11.6 Å². The average Bonchev–Trinajstić information content (AvgIpc) is 3.10. The van der Waals surface area contributed by atoms with Crippen LogP contribution in [0.4, 0.5) is 8.78 Å². The Morgan fingerprint density at radius 1 is 1.44 bits per heavy atom. The number of rotatable bonds is 5. The Hall–Kier alpha value is -2.44. The number of carbonyl (C=O) groups excluding carboxylic acids is 1. The molecular formula is C18H21F2N3O2. The monoisotopic (exact) mass is 349 g/mol. The van der Waals surface area contributed by atoms with Crippen molar-refractivity contribution in [3.05, 3.63) is 46.8 Å². The molecule has 1 atom stereocenters. The maximum atomic E-state index is 14.1. The highest BCUT2D eigenvalue weighted by Gasteiger charge is 2.31. The molecule has 0 aliphatic carbocycles. The number of benzene rings is 1. The van der Waals surface area contributed by atoms with Gasteiger partial charge in [-0.15, -0.1) is 0 Å². The van der Waals surface area contributed by atoms with Gasteiger partial charge in [-0.3, -0.25) is 9.48 Å². The molecule has 0 fully saturated rings. The maximum absolute atomic E-state index is 14.1. The molecule has 2 aromatic rings. The maximum Gasteiger partial charge on any atom is 0.255 e. The summed E-state index contributed by atoms with van der Waals surface area (Å²) >= 11 is 0. The number of nitrogens with one attached hydrogen (secondary N) is 1. The van der Waals surface area contributed by atoms with Crippen molar-refractivity contribution in [1.29, 1.82) is 0 Å². The predicted octanol–water partition coefficient (Wildman–Crippen LogP) is 3.24. The van der Waals surface area contributed by atoms with Crippen molar-refractivity contribution in [2.24, 2.45) is 5.92 Å². The standard InChI is InChI=1S/C18H21F2N3O2/c1-4-15-12(7-21-23(15)8-10(2)3)18(24)22-14-9-25-16-6-11(19)5-13(20)17(14)16/h5-7,10,14H,4,8-9H2,1-3H3,(H,22,24). The molecule has 1 unspecified atom stereocenters. The molecule has 7 heteroatoms. The highest BCUT2D eigenvalue weighted by atomic mass is 19.1. The third kappa shape index (κ3) is 3.36. The third-order valence-electron chi connectivity index (χ3n) is 4.18. The van der Waals surface area contributed by atoms with Crippen LogP contribution in [0.25, 0.3) is 0 Å². The van der Waals surface area contributed by atoms with Crippen LogP contribution in [0.1, 0.15) is 48.4 Å². The van der Waals surface area contributed by atoms with E-state index in [1.54, 1.807) is 0 Å². The van der Waals surface area contributed by atoms with E-state index in [2.05, 4.69) is 24.3 Å². The molecular weight excluding hydrogens is 328 g/mol. The summed E-state index contributed by atoms with van der Waals surface area (Å²) in [6.07, 6.45) is 2.20. The second-order valence-electron chi connectivity index (χ2n) is 6.57. The Bertz CT molecular complexity index is 802. The number of hydrogen-bond donors (Lipinski definition) is 1. The largest absolute Gasteiger partial charge is 0.490 e. The molecule has 1 aliphatic rings. The highest BCUT2D eigenvalue weighted by Crippen LogP contribution is 2.35. The van der Waals surface area contributed by atoms with E-state index in [0.717, 1.165) is 24.4 Å². The minimum atomic E-state index is -0.719. The number of carbonyl (C=O) groups is 1. The number of halogens is 2. The van der Waals surface area contributed by atoms with E-state index in [0.29, 0.717) is 17.9 Å². The number of fused-ring (bicyclic) bond motifs is 1. The summed E-state index contributed by atoms with van der Waals surface area (Å²) in [4.78, 5) is 12.7. The summed E-state index contributed by atoms with van der Waals surface area (Å²) in [6.45, 7) is 6.91. The highest BCUT2D eigenvalue weighted by molar-refractivity contribution is 5.95. The first kappa shape index (κ1) is 17.4. The zero-order valence-electron chi connectivity index (χ0n) is 14.5. The SMILES string of the molecule is CCc1c(C(=O)NC2COc3cc(F)cc(F)c32)cnn1CC(C)C. The molecule has 1 amide bonds. The van der Waals surface area contributed by atoms with E-state index < -0.39 is 17.7 Å². The summed E-state index contributed by atoms with van der Waals surface area (Å²) < 4.78 is 34.5. The number of aromatic nitrogens is 2. The van der Waals surface area contributed by atoms with Crippen molar-refractivity contribution in [2.45, 2.75) is 39.8 Å². The fourth-order valence-electron chi connectivity index (χ4n) is 3.10. The molecule has 1 N–H and O–H groups in total. The lowest BCUT2D eigenvalue weighted by molar-refractivity contribution is 0.0928. The van der Waals surface area contributed by atoms with Gasteiger partial charge >= 0.3 is 0 Å². The topological polar surface area (TPSA) is 56.1 Å². The van der Waals surface area contributed by atoms with E-state index >= 15 is 0 Å². The van der Waals surface area contributed by atoms with Gasteiger partial charge in [0.1, 0.15) is 24.0 Å². The van der Waals surface area contributed by atoms with Crippen LogP contribution in [0.2, 0.25) is 0 Å². The van der Waals surface area contributed by atoms with E-state index in [9.17, 15) is 13.6 Å². The van der Waals surface area contributed by atoms with Crippen LogP contribution in [0.5, 0.6) is 5.75 Å². The van der Waals surface area contributed by atoms with Crippen molar-refractivity contribution in [3.63, 3.8) is 0 Å². The molecule has 1 aromatic carbocycles. The van der Waals surface area contributed by atoms with Gasteiger partial charge < -0.3 is 10.1 Å². The quantitative estimate of drug-likeness (QED) is 0.902. The van der Waals surface area contributed by atoms with E-state index in [-0.39, 0.29) is 23.8 Å². The van der Waals surface area contributed by atoms with Crippen LogP contribution in [-0.2, 0) is 13.0 Å². The molecule has 5 nitrogen and oxygen atoms in total. The fourth-order valence-corrected chi connectivity index (χ4v) is 3.10. The first-order valence-electron chi connectivity index (χ1n) is 8.38. The van der Waals surface area contributed by atoms with Gasteiger partial charge in [0, 0.05) is 18.7 Å². The minimum absolute atomic E-state index is 0.0725. The van der Waals surface area contributed by atoms with Crippen LogP contribution in [-0.4, -0.2) is 22.3 Å².